The molecular formula is C39H25N2OP. The predicted octanol–water partition coefficient (Wildman–Crippen LogP) is 9.25. The van der Waals surface area contributed by atoms with Crippen LogP contribution in [0.15, 0.2) is 152 Å². The second-order valence-corrected chi connectivity index (χ2v) is 13.5. The van der Waals surface area contributed by atoms with Crippen LogP contribution >= 0.6 is 7.14 Å². The number of hydrogen-bond acceptors (Lipinski definition) is 3. The van der Waals surface area contributed by atoms with Gasteiger partial charge in [-0.15, -0.1) is 0 Å². The van der Waals surface area contributed by atoms with E-state index in [-0.39, 0.29) is 0 Å². The molecule has 8 rings (SSSR count). The molecule has 0 bridgehead atoms. The van der Waals surface area contributed by atoms with Gasteiger partial charge >= 0.3 is 0 Å². The summed E-state index contributed by atoms with van der Waals surface area (Å²) in [4.78, 5) is 2.30. The van der Waals surface area contributed by atoms with Crippen LogP contribution in [0, 0.1) is 11.3 Å². The van der Waals surface area contributed by atoms with Crippen molar-refractivity contribution >= 4 is 45.7 Å². The Morgan fingerprint density at radius 2 is 1.19 bits per heavy atom. The fourth-order valence-corrected chi connectivity index (χ4v) is 9.84. The predicted molar refractivity (Wildman–Crippen MR) is 177 cm³/mol. The van der Waals surface area contributed by atoms with Crippen molar-refractivity contribution in [1.82, 2.24) is 0 Å². The van der Waals surface area contributed by atoms with Crippen LogP contribution < -0.4 is 15.5 Å². The molecule has 2 aliphatic heterocycles. The van der Waals surface area contributed by atoms with Gasteiger partial charge in [-0.1, -0.05) is 115 Å². The molecule has 0 aliphatic carbocycles. The Balaban J connectivity index is 1.42. The topological polar surface area (TPSA) is 44.1 Å². The molecule has 1 atom stereocenters. The maximum atomic E-state index is 15.8. The molecule has 0 spiro atoms. The third-order valence-electron chi connectivity index (χ3n) is 8.45. The first-order valence-corrected chi connectivity index (χ1v) is 16.0. The number of anilines is 3. The van der Waals surface area contributed by atoms with E-state index in [0.29, 0.717) is 5.56 Å². The van der Waals surface area contributed by atoms with Gasteiger partial charge in [0.2, 0.25) is 0 Å². The van der Waals surface area contributed by atoms with Gasteiger partial charge in [0.05, 0.1) is 23.0 Å². The highest BCUT2D eigenvalue weighted by Crippen LogP contribution is 2.68. The molecule has 6 aromatic carbocycles. The SMILES string of the molecule is N#Cc1ccc(-c2cccc(N3c4ccccc4C4=C(c5ccccc53)P(=O)(c3ccccc3)c3ccccc34)c2)cc1. The summed E-state index contributed by atoms with van der Waals surface area (Å²) in [6, 6.07) is 53.3. The Hall–Kier alpha value is -5.42. The molecular weight excluding hydrogens is 543 g/mol. The number of para-hydroxylation sites is 2. The van der Waals surface area contributed by atoms with E-state index in [1.54, 1.807) is 0 Å². The molecule has 0 N–H and O–H groups in total. The molecule has 0 aromatic heterocycles. The van der Waals surface area contributed by atoms with Crippen LogP contribution in [-0.2, 0) is 4.57 Å². The zero-order valence-electron chi connectivity index (χ0n) is 23.2. The minimum absolute atomic E-state index is 0.638. The van der Waals surface area contributed by atoms with Crippen molar-refractivity contribution in [2.45, 2.75) is 0 Å². The second kappa shape index (κ2) is 9.85. The lowest BCUT2D eigenvalue weighted by Gasteiger charge is -2.29. The number of hydrogen-bond donors (Lipinski definition) is 0. The molecule has 0 amide bonds. The molecule has 0 radical (unpaired) electrons. The van der Waals surface area contributed by atoms with Gasteiger partial charge in [0.1, 0.15) is 0 Å². The van der Waals surface area contributed by atoms with Crippen molar-refractivity contribution in [2.75, 3.05) is 4.90 Å². The lowest BCUT2D eigenvalue weighted by atomic mass is 9.95. The first-order chi connectivity index (χ1) is 21.2. The van der Waals surface area contributed by atoms with Crippen LogP contribution in [0.1, 0.15) is 22.3 Å². The van der Waals surface area contributed by atoms with Crippen LogP contribution in [-0.4, -0.2) is 0 Å². The summed E-state index contributed by atoms with van der Waals surface area (Å²) in [5.74, 6) is 0. The van der Waals surface area contributed by atoms with Crippen LogP contribution in [0.25, 0.3) is 22.0 Å². The van der Waals surface area contributed by atoms with Crippen molar-refractivity contribution in [3.8, 4) is 17.2 Å². The molecule has 4 heteroatoms. The number of nitriles is 1. The van der Waals surface area contributed by atoms with Crippen molar-refractivity contribution in [3.05, 3.63) is 174 Å². The summed E-state index contributed by atoms with van der Waals surface area (Å²) in [6.07, 6.45) is 0. The summed E-state index contributed by atoms with van der Waals surface area (Å²) in [7, 11) is -3.22. The van der Waals surface area contributed by atoms with E-state index < -0.39 is 7.14 Å². The summed E-state index contributed by atoms with van der Waals surface area (Å²) in [5, 5.41) is 11.9. The molecule has 1 unspecified atom stereocenters. The molecule has 3 nitrogen and oxygen atoms in total. The van der Waals surface area contributed by atoms with E-state index in [4.69, 9.17) is 0 Å². The first-order valence-electron chi connectivity index (χ1n) is 14.3. The van der Waals surface area contributed by atoms with Gasteiger partial charge in [-0.05, 0) is 53.1 Å². The van der Waals surface area contributed by atoms with Crippen LogP contribution in [0.2, 0.25) is 0 Å². The van der Waals surface area contributed by atoms with Gasteiger partial charge in [0.15, 0.2) is 7.14 Å². The summed E-state index contributed by atoms with van der Waals surface area (Å²) in [5.41, 5.74) is 9.86. The highest BCUT2D eigenvalue weighted by Gasteiger charge is 2.46. The zero-order chi connectivity index (χ0) is 29.0. The van der Waals surface area contributed by atoms with Gasteiger partial charge in [-0.25, -0.2) is 0 Å². The van der Waals surface area contributed by atoms with Crippen molar-refractivity contribution in [1.29, 1.82) is 5.26 Å². The van der Waals surface area contributed by atoms with E-state index in [1.807, 2.05) is 78.9 Å². The fraction of sp³-hybridized carbons (Fsp3) is 0. The van der Waals surface area contributed by atoms with Crippen molar-refractivity contribution in [2.24, 2.45) is 0 Å². The summed E-state index contributed by atoms with van der Waals surface area (Å²) in [6.45, 7) is 0. The molecule has 43 heavy (non-hydrogen) atoms. The van der Waals surface area contributed by atoms with Crippen LogP contribution in [0.4, 0.5) is 17.1 Å². The van der Waals surface area contributed by atoms with Crippen LogP contribution in [0.5, 0.6) is 0 Å². The Labute approximate surface area is 251 Å². The Bertz CT molecular complexity index is 2170. The van der Waals surface area contributed by atoms with E-state index in [2.05, 4.69) is 83.8 Å². The number of nitrogens with zero attached hydrogens (tertiary/aromatic N) is 2. The Morgan fingerprint density at radius 3 is 1.93 bits per heavy atom. The first kappa shape index (κ1) is 25.3. The van der Waals surface area contributed by atoms with Gasteiger partial charge in [-0.3, -0.25) is 0 Å². The molecule has 2 aliphatic rings. The maximum absolute atomic E-state index is 15.8. The van der Waals surface area contributed by atoms with Gasteiger partial charge in [0.25, 0.3) is 0 Å². The largest absolute Gasteiger partial charge is 0.309 e. The minimum Gasteiger partial charge on any atom is -0.309 e. The lowest BCUT2D eigenvalue weighted by Crippen LogP contribution is -2.17. The van der Waals surface area contributed by atoms with E-state index >= 15 is 4.57 Å². The quantitative estimate of drug-likeness (QED) is 0.200. The van der Waals surface area contributed by atoms with E-state index in [0.717, 1.165) is 66.4 Å². The Kier molecular flexibility index (Phi) is 5.79. The van der Waals surface area contributed by atoms with E-state index in [9.17, 15) is 5.26 Å². The third-order valence-corrected chi connectivity index (χ3v) is 11.6. The number of benzene rings is 6. The molecule has 0 fully saturated rings. The van der Waals surface area contributed by atoms with Crippen LogP contribution in [0.3, 0.4) is 0 Å². The fourth-order valence-electron chi connectivity index (χ4n) is 6.57. The maximum Gasteiger partial charge on any atom is 0.172 e. The number of fused-ring (bicyclic) bond motifs is 6. The standard InChI is InChI=1S/C39H25N2OP/c40-26-27-21-23-28(24-22-27)29-11-10-12-30(25-29)41-35-18-7-4-15-32(35)38-34-17-6-9-20-37(34)43(42,31-13-2-1-3-14-31)39(38)33-16-5-8-19-36(33)41/h1-25H. The summed E-state index contributed by atoms with van der Waals surface area (Å²) < 4.78 is 15.8. The zero-order valence-corrected chi connectivity index (χ0v) is 24.1. The third kappa shape index (κ3) is 3.78. The van der Waals surface area contributed by atoms with Gasteiger partial charge in [0, 0.05) is 38.3 Å². The minimum atomic E-state index is -3.22. The van der Waals surface area contributed by atoms with E-state index in [1.165, 1.54) is 0 Å². The Morgan fingerprint density at radius 1 is 0.558 bits per heavy atom. The molecule has 0 saturated carbocycles. The molecule has 6 aromatic rings. The lowest BCUT2D eigenvalue weighted by molar-refractivity contribution is 0.593. The van der Waals surface area contributed by atoms with Crippen molar-refractivity contribution < 1.29 is 4.57 Å². The monoisotopic (exact) mass is 568 g/mol. The highest BCUT2D eigenvalue weighted by atomic mass is 31.2. The molecule has 202 valence electrons. The van der Waals surface area contributed by atoms with Gasteiger partial charge in [-0.2, -0.15) is 5.26 Å². The summed E-state index contributed by atoms with van der Waals surface area (Å²) >= 11 is 0. The molecule has 0 saturated heterocycles. The average Bonchev–Trinajstić information content (AvgIpc) is 3.26. The average molecular weight is 569 g/mol. The van der Waals surface area contributed by atoms with Gasteiger partial charge < -0.3 is 9.46 Å². The normalized spacial score (nSPS) is 16.4. The smallest absolute Gasteiger partial charge is 0.172 e. The highest BCUT2D eigenvalue weighted by molar-refractivity contribution is 7.88. The van der Waals surface area contributed by atoms with Crippen molar-refractivity contribution in [3.63, 3.8) is 0 Å². The number of rotatable bonds is 3. The second-order valence-electron chi connectivity index (χ2n) is 10.8. The molecule has 2 heterocycles.